The molecule has 0 radical (unpaired) electrons. The van der Waals surface area contributed by atoms with Gasteiger partial charge in [0.25, 0.3) is 0 Å². The maximum atomic E-state index is 6.61. The summed E-state index contributed by atoms with van der Waals surface area (Å²) in [5, 5.41) is 0. The van der Waals surface area contributed by atoms with Crippen molar-refractivity contribution in [2.75, 3.05) is 6.61 Å². The predicted octanol–water partition coefficient (Wildman–Crippen LogP) is 6.81. The fraction of sp³-hybridized carbons (Fsp3) is 0.500. The Kier molecular flexibility index (Phi) is 6.75. The second kappa shape index (κ2) is 9.49. The highest BCUT2D eigenvalue weighted by Crippen LogP contribution is 2.58. The van der Waals surface area contributed by atoms with E-state index >= 15 is 0 Å². The molecule has 1 saturated carbocycles. The third kappa shape index (κ3) is 4.55. The first kappa shape index (κ1) is 21.3. The van der Waals surface area contributed by atoms with E-state index in [0.717, 1.165) is 13.0 Å². The predicted molar refractivity (Wildman–Crippen MR) is 123 cm³/mol. The average molecular weight is 405 g/mol. The van der Waals surface area contributed by atoms with Gasteiger partial charge in [0, 0.05) is 6.61 Å². The summed E-state index contributed by atoms with van der Waals surface area (Å²) >= 11 is 0. The van der Waals surface area contributed by atoms with Gasteiger partial charge < -0.3 is 9.47 Å². The van der Waals surface area contributed by atoms with Crippen LogP contribution < -0.4 is 0 Å². The Morgan fingerprint density at radius 1 is 0.967 bits per heavy atom. The van der Waals surface area contributed by atoms with E-state index in [0.29, 0.717) is 36.4 Å². The minimum Gasteiger partial charge on any atom is -0.376 e. The molecular formula is C28H36O2. The number of benzene rings is 2. The Labute approximate surface area is 182 Å². The maximum Gasteiger partial charge on any atom is 0.0720 e. The van der Waals surface area contributed by atoms with Crippen molar-refractivity contribution in [3.8, 4) is 0 Å². The highest BCUT2D eigenvalue weighted by molar-refractivity contribution is 5.20. The minimum absolute atomic E-state index is 0.289. The van der Waals surface area contributed by atoms with Gasteiger partial charge in [0.2, 0.25) is 0 Å². The quantitative estimate of drug-likeness (QED) is 0.450. The van der Waals surface area contributed by atoms with Crippen LogP contribution in [-0.4, -0.2) is 12.7 Å². The van der Waals surface area contributed by atoms with Crippen LogP contribution in [0.4, 0.5) is 0 Å². The second-order valence-corrected chi connectivity index (χ2v) is 9.62. The highest BCUT2D eigenvalue weighted by Gasteiger charge is 2.55. The summed E-state index contributed by atoms with van der Waals surface area (Å²) in [6, 6.07) is 21.1. The summed E-state index contributed by atoms with van der Waals surface area (Å²) in [5.74, 6) is 1.62. The van der Waals surface area contributed by atoms with Gasteiger partial charge in [-0.25, -0.2) is 0 Å². The molecule has 2 aliphatic carbocycles. The van der Waals surface area contributed by atoms with Crippen molar-refractivity contribution in [3.05, 3.63) is 83.4 Å². The van der Waals surface area contributed by atoms with Gasteiger partial charge in [-0.05, 0) is 60.5 Å². The molecule has 0 N–H and O–H groups in total. The molecule has 0 unspecified atom stereocenters. The van der Waals surface area contributed by atoms with E-state index in [-0.39, 0.29) is 6.10 Å². The van der Waals surface area contributed by atoms with Crippen molar-refractivity contribution < 1.29 is 9.47 Å². The van der Waals surface area contributed by atoms with Crippen molar-refractivity contribution in [1.29, 1.82) is 0 Å². The highest BCUT2D eigenvalue weighted by atomic mass is 16.5. The fourth-order valence-electron chi connectivity index (χ4n) is 6.11. The SMILES string of the molecule is CC1=CCC[C@]2(C)[C@@H]([C@H](C)COCc3ccccc3)[C@H](OCc3ccccc3)C[C@@H]12. The number of hydrogen-bond acceptors (Lipinski definition) is 2. The Bertz CT molecular complexity index is 828. The zero-order chi connectivity index (χ0) is 21.0. The Balaban J connectivity index is 1.46. The van der Waals surface area contributed by atoms with Crippen LogP contribution in [0.25, 0.3) is 0 Å². The van der Waals surface area contributed by atoms with Crippen molar-refractivity contribution in [2.24, 2.45) is 23.2 Å². The van der Waals surface area contributed by atoms with E-state index in [4.69, 9.17) is 9.47 Å². The Hall–Kier alpha value is -1.90. The lowest BCUT2D eigenvalue weighted by Gasteiger charge is -2.43. The molecule has 0 aliphatic heterocycles. The number of hydrogen-bond donors (Lipinski definition) is 0. The van der Waals surface area contributed by atoms with E-state index in [9.17, 15) is 0 Å². The molecule has 0 heterocycles. The van der Waals surface area contributed by atoms with Gasteiger partial charge in [0.05, 0.1) is 19.3 Å². The van der Waals surface area contributed by atoms with Crippen LogP contribution >= 0.6 is 0 Å². The molecule has 0 saturated heterocycles. The normalized spacial score (nSPS) is 29.3. The molecular weight excluding hydrogens is 368 g/mol. The molecule has 0 bridgehead atoms. The molecule has 0 amide bonds. The lowest BCUT2D eigenvalue weighted by molar-refractivity contribution is -0.0488. The molecule has 2 aromatic carbocycles. The van der Waals surface area contributed by atoms with Crippen LogP contribution in [0.3, 0.4) is 0 Å². The number of rotatable bonds is 8. The van der Waals surface area contributed by atoms with Crippen LogP contribution in [0.1, 0.15) is 51.2 Å². The van der Waals surface area contributed by atoms with Gasteiger partial charge in [0.15, 0.2) is 0 Å². The van der Waals surface area contributed by atoms with Gasteiger partial charge in [0.1, 0.15) is 0 Å². The van der Waals surface area contributed by atoms with Crippen LogP contribution in [-0.2, 0) is 22.7 Å². The van der Waals surface area contributed by atoms with Crippen LogP contribution in [0.2, 0.25) is 0 Å². The van der Waals surface area contributed by atoms with E-state index in [1.54, 1.807) is 5.57 Å². The summed E-state index contributed by atoms with van der Waals surface area (Å²) in [7, 11) is 0. The van der Waals surface area contributed by atoms with E-state index in [2.05, 4.69) is 87.5 Å². The largest absolute Gasteiger partial charge is 0.376 e. The van der Waals surface area contributed by atoms with Gasteiger partial charge in [-0.15, -0.1) is 0 Å². The van der Waals surface area contributed by atoms with Gasteiger partial charge in [-0.3, -0.25) is 0 Å². The smallest absolute Gasteiger partial charge is 0.0720 e. The fourth-order valence-corrected chi connectivity index (χ4v) is 6.11. The van der Waals surface area contributed by atoms with Crippen LogP contribution in [0, 0.1) is 23.2 Å². The lowest BCUT2D eigenvalue weighted by Crippen LogP contribution is -2.39. The second-order valence-electron chi connectivity index (χ2n) is 9.62. The Morgan fingerprint density at radius 3 is 2.27 bits per heavy atom. The molecule has 0 spiro atoms. The first-order valence-corrected chi connectivity index (χ1v) is 11.5. The molecule has 0 aromatic heterocycles. The summed E-state index contributed by atoms with van der Waals surface area (Å²) in [6.07, 6.45) is 6.34. The van der Waals surface area contributed by atoms with Crippen molar-refractivity contribution in [3.63, 3.8) is 0 Å². The van der Waals surface area contributed by atoms with Crippen molar-refractivity contribution in [2.45, 2.75) is 59.4 Å². The molecule has 2 nitrogen and oxygen atoms in total. The van der Waals surface area contributed by atoms with E-state index < -0.39 is 0 Å². The third-order valence-electron chi connectivity index (χ3n) is 7.54. The maximum absolute atomic E-state index is 6.61. The van der Waals surface area contributed by atoms with Gasteiger partial charge in [-0.1, -0.05) is 86.2 Å². The molecule has 5 atom stereocenters. The molecule has 4 rings (SSSR count). The average Bonchev–Trinajstić information content (AvgIpc) is 3.07. The molecule has 1 fully saturated rings. The Morgan fingerprint density at radius 2 is 1.60 bits per heavy atom. The minimum atomic E-state index is 0.289. The van der Waals surface area contributed by atoms with E-state index in [1.807, 2.05) is 0 Å². The van der Waals surface area contributed by atoms with Crippen molar-refractivity contribution >= 4 is 0 Å². The van der Waals surface area contributed by atoms with Gasteiger partial charge >= 0.3 is 0 Å². The summed E-state index contributed by atoms with van der Waals surface area (Å²) in [4.78, 5) is 0. The molecule has 2 aliphatic rings. The zero-order valence-electron chi connectivity index (χ0n) is 18.7. The van der Waals surface area contributed by atoms with Crippen molar-refractivity contribution in [1.82, 2.24) is 0 Å². The van der Waals surface area contributed by atoms with Crippen LogP contribution in [0.5, 0.6) is 0 Å². The zero-order valence-corrected chi connectivity index (χ0v) is 18.7. The van der Waals surface area contributed by atoms with Crippen LogP contribution in [0.15, 0.2) is 72.3 Å². The monoisotopic (exact) mass is 404 g/mol. The number of ether oxygens (including phenoxy) is 2. The molecule has 30 heavy (non-hydrogen) atoms. The summed E-state index contributed by atoms with van der Waals surface area (Å²) in [5.41, 5.74) is 4.37. The molecule has 2 heteroatoms. The third-order valence-corrected chi connectivity index (χ3v) is 7.54. The first-order chi connectivity index (χ1) is 14.6. The number of fused-ring (bicyclic) bond motifs is 1. The molecule has 2 aromatic rings. The number of allylic oxidation sites excluding steroid dienone is 2. The summed E-state index contributed by atoms with van der Waals surface area (Å²) in [6.45, 7) is 9.39. The van der Waals surface area contributed by atoms with Gasteiger partial charge in [-0.2, -0.15) is 0 Å². The van der Waals surface area contributed by atoms with E-state index in [1.165, 1.54) is 24.0 Å². The lowest BCUT2D eigenvalue weighted by atomic mass is 9.62. The summed E-state index contributed by atoms with van der Waals surface area (Å²) < 4.78 is 12.8. The standard InChI is InChI=1S/C28H36O2/c1-21-11-10-16-28(3)25(21)17-26(30-20-24-14-8-5-9-15-24)27(28)22(2)18-29-19-23-12-6-4-7-13-23/h4-9,11-15,22,25-27H,10,16-20H2,1-3H3/t22-,25+,26-,27+,28+/m1/s1. The first-order valence-electron chi connectivity index (χ1n) is 11.5. The topological polar surface area (TPSA) is 18.5 Å². The molecule has 160 valence electrons.